The highest BCUT2D eigenvalue weighted by atomic mass is 35.5. The Kier molecular flexibility index (Phi) is 7.47. The summed E-state index contributed by atoms with van der Waals surface area (Å²) in [6.45, 7) is 2.04. The number of allylic oxidation sites excluding steroid dienone is 2. The minimum Gasteiger partial charge on any atom is -0.511 e. The van der Waals surface area contributed by atoms with Gasteiger partial charge in [-0.15, -0.1) is 0 Å². The van der Waals surface area contributed by atoms with Crippen molar-refractivity contribution in [2.24, 2.45) is 17.0 Å². The van der Waals surface area contributed by atoms with Crippen LogP contribution in [0.1, 0.15) is 45.4 Å². The quantitative estimate of drug-likeness (QED) is 0.379. The molecule has 0 aliphatic heterocycles. The molecular formula is C18H26ClNO5. The van der Waals surface area contributed by atoms with E-state index in [1.165, 1.54) is 5.54 Å². The minimum absolute atomic E-state index is 0.0170. The van der Waals surface area contributed by atoms with Crippen molar-refractivity contribution in [3.63, 3.8) is 0 Å². The zero-order valence-electron chi connectivity index (χ0n) is 14.4. The highest BCUT2D eigenvalue weighted by Gasteiger charge is 2.38. The van der Waals surface area contributed by atoms with Crippen LogP contribution in [-0.2, 0) is 9.63 Å². The van der Waals surface area contributed by atoms with Crippen LogP contribution in [0.4, 0.5) is 0 Å². The Balaban J connectivity index is 2.09. The second-order valence-corrected chi connectivity index (χ2v) is 6.92. The molecule has 1 saturated carbocycles. The number of oxime groups is 1. The van der Waals surface area contributed by atoms with E-state index in [-0.39, 0.29) is 35.6 Å². The third-order valence-corrected chi connectivity index (χ3v) is 5.20. The Morgan fingerprint density at radius 1 is 1.28 bits per heavy atom. The molecule has 0 bridgehead atoms. The molecule has 0 saturated heterocycles. The molecule has 2 aliphatic carbocycles. The summed E-state index contributed by atoms with van der Waals surface area (Å²) >= 11 is 5.41. The molecule has 4 unspecified atom stereocenters. The van der Waals surface area contributed by atoms with Gasteiger partial charge in [0.2, 0.25) is 0 Å². The van der Waals surface area contributed by atoms with E-state index in [0.29, 0.717) is 37.8 Å². The average molecular weight is 372 g/mol. The summed E-state index contributed by atoms with van der Waals surface area (Å²) in [5.41, 5.74) is 2.01. The van der Waals surface area contributed by atoms with Crippen LogP contribution in [0.15, 0.2) is 28.1 Å². The van der Waals surface area contributed by atoms with Gasteiger partial charge in [0.25, 0.3) is 0 Å². The van der Waals surface area contributed by atoms with Crippen LogP contribution >= 0.6 is 11.6 Å². The first-order valence-electron chi connectivity index (χ1n) is 8.73. The lowest BCUT2D eigenvalue weighted by molar-refractivity contribution is -0.118. The zero-order valence-corrected chi connectivity index (χ0v) is 15.2. The molecule has 140 valence electrons. The van der Waals surface area contributed by atoms with Gasteiger partial charge in [-0.2, -0.15) is 0 Å². The first kappa shape index (κ1) is 19.9. The highest BCUT2D eigenvalue weighted by Crippen LogP contribution is 2.39. The van der Waals surface area contributed by atoms with E-state index in [1.54, 1.807) is 6.08 Å². The molecule has 0 aromatic heterocycles. The van der Waals surface area contributed by atoms with E-state index < -0.39 is 12.2 Å². The number of nitrogens with zero attached hydrogens (tertiary/aromatic N) is 1. The number of aliphatic hydroxyl groups excluding tert-OH is 3. The van der Waals surface area contributed by atoms with Crippen molar-refractivity contribution in [1.82, 2.24) is 0 Å². The standard InChI is InChI=1S/C18H26ClNO5/c1-2-13(20-25-7-3-6-19)18-16(23)9-12(10-17(18)24)11-4-5-14(21)15(22)8-11/h3,6,11-12,14-15,21-23H,2,4-5,7-10H2,1H3/b6-3?,20-13+. The largest absolute Gasteiger partial charge is 0.511 e. The fraction of sp³-hybridized carbons (Fsp3) is 0.667. The van der Waals surface area contributed by atoms with Crippen molar-refractivity contribution in [2.75, 3.05) is 6.61 Å². The highest BCUT2D eigenvalue weighted by molar-refractivity contribution is 6.25. The number of ketones is 1. The molecule has 2 rings (SSSR count). The molecule has 4 atom stereocenters. The number of aliphatic hydroxyl groups is 3. The van der Waals surface area contributed by atoms with Gasteiger partial charge in [-0.3, -0.25) is 4.79 Å². The maximum absolute atomic E-state index is 12.6. The zero-order chi connectivity index (χ0) is 18.4. The van der Waals surface area contributed by atoms with Crippen molar-refractivity contribution < 1.29 is 25.0 Å². The fourth-order valence-electron chi connectivity index (χ4n) is 3.66. The molecule has 7 heteroatoms. The van der Waals surface area contributed by atoms with Gasteiger partial charge in [0.1, 0.15) is 12.4 Å². The number of hydrogen-bond acceptors (Lipinski definition) is 6. The summed E-state index contributed by atoms with van der Waals surface area (Å²) in [6.07, 6.45) is 3.04. The summed E-state index contributed by atoms with van der Waals surface area (Å²) in [5.74, 6) is 0.000161. The number of rotatable bonds is 6. The van der Waals surface area contributed by atoms with Gasteiger partial charge in [-0.1, -0.05) is 23.7 Å². The summed E-state index contributed by atoms with van der Waals surface area (Å²) < 4.78 is 0. The second-order valence-electron chi connectivity index (χ2n) is 6.67. The number of carbonyl (C=O) groups excluding carboxylic acids is 1. The Bertz CT molecular complexity index is 572. The van der Waals surface area contributed by atoms with E-state index in [0.717, 1.165) is 6.42 Å². The van der Waals surface area contributed by atoms with Gasteiger partial charge >= 0.3 is 0 Å². The lowest BCUT2D eigenvalue weighted by Crippen LogP contribution is -2.38. The van der Waals surface area contributed by atoms with Crippen LogP contribution in [0.2, 0.25) is 0 Å². The van der Waals surface area contributed by atoms with Gasteiger partial charge < -0.3 is 20.2 Å². The van der Waals surface area contributed by atoms with Crippen LogP contribution < -0.4 is 0 Å². The van der Waals surface area contributed by atoms with Gasteiger partial charge in [-0.05, 0) is 43.6 Å². The van der Waals surface area contributed by atoms with Crippen LogP contribution in [0.3, 0.4) is 0 Å². The van der Waals surface area contributed by atoms with Crippen LogP contribution in [0.5, 0.6) is 0 Å². The summed E-state index contributed by atoms with van der Waals surface area (Å²) in [5, 5.41) is 33.9. The Morgan fingerprint density at radius 3 is 2.64 bits per heavy atom. The lowest BCUT2D eigenvalue weighted by Gasteiger charge is -2.36. The number of Topliss-reactive ketones (excluding diaryl/α,β-unsaturated/α-hetero) is 1. The smallest absolute Gasteiger partial charge is 0.168 e. The Morgan fingerprint density at radius 2 is 2.04 bits per heavy atom. The van der Waals surface area contributed by atoms with E-state index >= 15 is 0 Å². The lowest BCUT2D eigenvalue weighted by atomic mass is 9.71. The molecular weight excluding hydrogens is 346 g/mol. The molecule has 1 fully saturated rings. The predicted octanol–water partition coefficient (Wildman–Crippen LogP) is 2.83. The summed E-state index contributed by atoms with van der Waals surface area (Å²) in [7, 11) is 0. The molecule has 25 heavy (non-hydrogen) atoms. The minimum atomic E-state index is -0.752. The average Bonchev–Trinajstić information content (AvgIpc) is 2.58. The Hall–Kier alpha value is -1.37. The summed E-state index contributed by atoms with van der Waals surface area (Å²) in [6, 6.07) is 0. The van der Waals surface area contributed by atoms with E-state index in [4.69, 9.17) is 16.4 Å². The maximum atomic E-state index is 12.6. The molecule has 0 radical (unpaired) electrons. The normalized spacial score (nSPS) is 31.7. The van der Waals surface area contributed by atoms with Crippen molar-refractivity contribution in [2.45, 2.75) is 57.7 Å². The third-order valence-electron chi connectivity index (χ3n) is 5.02. The monoisotopic (exact) mass is 371 g/mol. The van der Waals surface area contributed by atoms with Crippen molar-refractivity contribution >= 4 is 23.1 Å². The van der Waals surface area contributed by atoms with Crippen molar-refractivity contribution in [3.05, 3.63) is 22.9 Å². The van der Waals surface area contributed by atoms with Gasteiger partial charge in [0.05, 0.1) is 23.5 Å². The first-order valence-corrected chi connectivity index (χ1v) is 9.17. The van der Waals surface area contributed by atoms with Crippen LogP contribution in [0, 0.1) is 11.8 Å². The van der Waals surface area contributed by atoms with Crippen molar-refractivity contribution in [3.8, 4) is 0 Å². The molecule has 2 aliphatic rings. The van der Waals surface area contributed by atoms with E-state index in [2.05, 4.69) is 5.16 Å². The SMILES string of the molecule is CC/C(=N\OCC=CCl)C1=C(O)CC(C2CCC(O)C(O)C2)CC1=O. The van der Waals surface area contributed by atoms with Gasteiger partial charge in [0, 0.05) is 18.4 Å². The molecule has 0 aromatic carbocycles. The van der Waals surface area contributed by atoms with Gasteiger partial charge in [0.15, 0.2) is 5.78 Å². The Labute approximate surface area is 152 Å². The maximum Gasteiger partial charge on any atom is 0.168 e. The number of halogens is 1. The molecule has 3 N–H and O–H groups in total. The van der Waals surface area contributed by atoms with E-state index in [1.807, 2.05) is 6.92 Å². The van der Waals surface area contributed by atoms with E-state index in [9.17, 15) is 20.1 Å². The molecule has 0 heterocycles. The third kappa shape index (κ3) is 5.06. The molecule has 0 aromatic rings. The van der Waals surface area contributed by atoms with Gasteiger partial charge in [-0.25, -0.2) is 0 Å². The van der Waals surface area contributed by atoms with Crippen LogP contribution in [-0.4, -0.2) is 45.6 Å². The molecule has 0 amide bonds. The topological polar surface area (TPSA) is 99.3 Å². The molecule has 0 spiro atoms. The summed E-state index contributed by atoms with van der Waals surface area (Å²) in [4.78, 5) is 17.7. The fourth-order valence-corrected chi connectivity index (χ4v) is 3.73. The van der Waals surface area contributed by atoms with Crippen LogP contribution in [0.25, 0.3) is 0 Å². The second kappa shape index (κ2) is 9.36. The number of hydrogen-bond donors (Lipinski definition) is 3. The van der Waals surface area contributed by atoms with Crippen molar-refractivity contribution in [1.29, 1.82) is 0 Å². The number of carbonyl (C=O) groups is 1. The first-order chi connectivity index (χ1) is 12.0. The molecule has 6 nitrogen and oxygen atoms in total. The predicted molar refractivity (Wildman–Crippen MR) is 95.4 cm³/mol.